The first-order valence-corrected chi connectivity index (χ1v) is 12.1. The van der Waals surface area contributed by atoms with Crippen molar-refractivity contribution >= 4 is 21.6 Å². The molecular formula is C23H29N3O4S. The molecule has 0 aromatic heterocycles. The van der Waals surface area contributed by atoms with Gasteiger partial charge in [0.05, 0.1) is 23.7 Å². The number of benzene rings is 2. The molecule has 0 radical (unpaired) electrons. The van der Waals surface area contributed by atoms with E-state index in [4.69, 9.17) is 4.74 Å². The highest BCUT2D eigenvalue weighted by Crippen LogP contribution is 2.27. The van der Waals surface area contributed by atoms with Crippen molar-refractivity contribution in [3.05, 3.63) is 53.6 Å². The Labute approximate surface area is 184 Å². The van der Waals surface area contributed by atoms with Crippen LogP contribution in [0.3, 0.4) is 0 Å². The minimum Gasteiger partial charge on any atom is -0.495 e. The van der Waals surface area contributed by atoms with Gasteiger partial charge in [-0.2, -0.15) is 4.31 Å². The van der Waals surface area contributed by atoms with Crippen molar-refractivity contribution in [3.63, 3.8) is 0 Å². The summed E-state index contributed by atoms with van der Waals surface area (Å²) in [4.78, 5) is 15.1. The molecule has 8 heteroatoms. The van der Waals surface area contributed by atoms with Crippen molar-refractivity contribution in [2.45, 2.75) is 37.1 Å². The van der Waals surface area contributed by atoms with Gasteiger partial charge in [-0.1, -0.05) is 18.2 Å². The number of carbonyl (C=O) groups is 1. The number of hydrogen-bond acceptors (Lipinski definition) is 5. The maximum atomic E-state index is 13.1. The number of sulfonamides is 1. The summed E-state index contributed by atoms with van der Waals surface area (Å²) >= 11 is 0. The Morgan fingerprint density at radius 2 is 1.74 bits per heavy atom. The van der Waals surface area contributed by atoms with Gasteiger partial charge in [-0.25, -0.2) is 8.42 Å². The summed E-state index contributed by atoms with van der Waals surface area (Å²) < 4.78 is 33.1. The third-order valence-corrected chi connectivity index (χ3v) is 8.17. The maximum absolute atomic E-state index is 13.1. The lowest BCUT2D eigenvalue weighted by Gasteiger charge is -2.36. The molecule has 1 aliphatic heterocycles. The summed E-state index contributed by atoms with van der Waals surface area (Å²) in [5.74, 6) is 0.465. The summed E-state index contributed by atoms with van der Waals surface area (Å²) in [6.07, 6.45) is 3.07. The number of amides is 1. The molecule has 0 saturated carbocycles. The zero-order valence-corrected chi connectivity index (χ0v) is 18.8. The number of nitrogens with zero attached hydrogens (tertiary/aromatic N) is 2. The first-order valence-electron chi connectivity index (χ1n) is 10.7. The van der Waals surface area contributed by atoms with Crippen LogP contribution in [0.2, 0.25) is 0 Å². The lowest BCUT2D eigenvalue weighted by molar-refractivity contribution is -0.121. The van der Waals surface area contributed by atoms with E-state index in [1.165, 1.54) is 9.87 Å². The van der Waals surface area contributed by atoms with E-state index in [1.54, 1.807) is 25.3 Å². The molecule has 2 aromatic rings. The Hall–Kier alpha value is -2.42. The molecule has 4 rings (SSSR count). The Bertz CT molecular complexity index is 1060. The summed E-state index contributed by atoms with van der Waals surface area (Å²) in [6, 6.07) is 12.4. The Balaban J connectivity index is 1.38. The highest BCUT2D eigenvalue weighted by atomic mass is 32.2. The van der Waals surface area contributed by atoms with Crippen LogP contribution in [-0.4, -0.2) is 62.9 Å². The van der Waals surface area contributed by atoms with Crippen molar-refractivity contribution in [2.75, 3.05) is 38.6 Å². The minimum atomic E-state index is -3.52. The van der Waals surface area contributed by atoms with Crippen LogP contribution in [0, 0.1) is 0 Å². The quantitative estimate of drug-likeness (QED) is 0.742. The van der Waals surface area contributed by atoms with E-state index in [9.17, 15) is 13.2 Å². The van der Waals surface area contributed by atoms with E-state index in [-0.39, 0.29) is 11.9 Å². The van der Waals surface area contributed by atoms with Crippen LogP contribution in [-0.2, 0) is 27.7 Å². The number of nitrogens with one attached hydrogen (secondary N) is 1. The molecule has 7 nitrogen and oxygen atoms in total. The van der Waals surface area contributed by atoms with Crippen molar-refractivity contribution in [1.82, 2.24) is 9.21 Å². The van der Waals surface area contributed by atoms with Crippen LogP contribution in [0.15, 0.2) is 47.4 Å². The lowest BCUT2D eigenvalue weighted by atomic mass is 10.1. The maximum Gasteiger partial charge on any atom is 0.243 e. The number of methoxy groups -OCH3 is 1. The van der Waals surface area contributed by atoms with E-state index in [2.05, 4.69) is 5.32 Å². The van der Waals surface area contributed by atoms with Gasteiger partial charge in [0.1, 0.15) is 5.75 Å². The topological polar surface area (TPSA) is 79.0 Å². The summed E-state index contributed by atoms with van der Waals surface area (Å²) in [7, 11) is -1.96. The average molecular weight is 444 g/mol. The zero-order chi connectivity index (χ0) is 22.0. The number of fused-ring (bicyclic) bond motifs is 1. The van der Waals surface area contributed by atoms with Crippen molar-refractivity contribution in [3.8, 4) is 5.75 Å². The molecule has 31 heavy (non-hydrogen) atoms. The molecule has 1 fully saturated rings. The molecule has 0 spiro atoms. The number of anilines is 1. The van der Waals surface area contributed by atoms with Gasteiger partial charge in [0.25, 0.3) is 0 Å². The van der Waals surface area contributed by atoms with Crippen LogP contribution >= 0.6 is 0 Å². The number of ether oxygens (including phenoxy) is 1. The monoisotopic (exact) mass is 443 g/mol. The minimum absolute atomic E-state index is 0.139. The highest BCUT2D eigenvalue weighted by molar-refractivity contribution is 7.89. The number of hydrogen-bond donors (Lipinski definition) is 1. The molecular weight excluding hydrogens is 414 g/mol. The smallest absolute Gasteiger partial charge is 0.243 e. The largest absolute Gasteiger partial charge is 0.495 e. The van der Waals surface area contributed by atoms with E-state index < -0.39 is 10.0 Å². The van der Waals surface area contributed by atoms with Gasteiger partial charge in [-0.3, -0.25) is 9.69 Å². The summed E-state index contributed by atoms with van der Waals surface area (Å²) in [6.45, 7) is 3.59. The Morgan fingerprint density at radius 1 is 1.03 bits per heavy atom. The fourth-order valence-electron chi connectivity index (χ4n) is 4.34. The molecule has 166 valence electrons. The van der Waals surface area contributed by atoms with E-state index in [0.717, 1.165) is 24.8 Å². The first kappa shape index (κ1) is 21.8. The predicted molar refractivity (Wildman–Crippen MR) is 120 cm³/mol. The molecule has 2 aromatic carbocycles. The highest BCUT2D eigenvalue weighted by Gasteiger charge is 2.32. The molecule has 1 N–H and O–H groups in total. The van der Waals surface area contributed by atoms with Gasteiger partial charge in [0.15, 0.2) is 0 Å². The Kier molecular flexibility index (Phi) is 6.31. The zero-order valence-electron chi connectivity index (χ0n) is 18.0. The van der Waals surface area contributed by atoms with E-state index in [0.29, 0.717) is 42.5 Å². The third kappa shape index (κ3) is 4.46. The molecule has 1 heterocycles. The first-order chi connectivity index (χ1) is 14.9. The van der Waals surface area contributed by atoms with Gasteiger partial charge in [0.2, 0.25) is 15.9 Å². The summed E-state index contributed by atoms with van der Waals surface area (Å²) in [5, 5.41) is 2.91. The van der Waals surface area contributed by atoms with Crippen LogP contribution < -0.4 is 10.1 Å². The number of aryl methyl sites for hydroxylation is 2. The standard InChI is InChI=1S/C23H29N3O4S/c1-17(23(27)24-21-8-3-4-9-22(21)30-2)25-12-14-26(15-13-25)31(28,29)20-11-10-18-6-5-7-19(18)16-20/h3-4,8-11,16-17H,5-7,12-15H2,1-2H3,(H,24,27)/t17-/m0/s1. The van der Waals surface area contributed by atoms with Crippen LogP contribution in [0.1, 0.15) is 24.5 Å². The van der Waals surface area contributed by atoms with Crippen LogP contribution in [0.4, 0.5) is 5.69 Å². The molecule has 1 saturated heterocycles. The molecule has 0 unspecified atom stereocenters. The fraction of sp³-hybridized carbons (Fsp3) is 0.435. The fourth-order valence-corrected chi connectivity index (χ4v) is 5.81. The van der Waals surface area contributed by atoms with Gasteiger partial charge in [-0.15, -0.1) is 0 Å². The van der Waals surface area contributed by atoms with Crippen LogP contribution in [0.25, 0.3) is 0 Å². The number of rotatable bonds is 6. The predicted octanol–water partition coefficient (Wildman–Crippen LogP) is 2.52. The second-order valence-corrected chi connectivity index (χ2v) is 10.0. The normalized spacial score (nSPS) is 18.4. The second-order valence-electron chi connectivity index (χ2n) is 8.09. The van der Waals surface area contributed by atoms with Gasteiger partial charge in [0, 0.05) is 26.2 Å². The molecule has 1 atom stereocenters. The van der Waals surface area contributed by atoms with Gasteiger partial charge in [-0.05, 0) is 61.6 Å². The number of piperazine rings is 1. The third-order valence-electron chi connectivity index (χ3n) is 6.27. The van der Waals surface area contributed by atoms with Gasteiger partial charge >= 0.3 is 0 Å². The molecule has 2 aliphatic rings. The lowest BCUT2D eigenvalue weighted by Crippen LogP contribution is -2.53. The van der Waals surface area contributed by atoms with Crippen molar-refractivity contribution in [1.29, 1.82) is 0 Å². The van der Waals surface area contributed by atoms with Crippen LogP contribution in [0.5, 0.6) is 5.75 Å². The number of carbonyl (C=O) groups excluding carboxylic acids is 1. The summed E-state index contributed by atoms with van der Waals surface area (Å²) in [5.41, 5.74) is 3.04. The van der Waals surface area contributed by atoms with E-state index in [1.807, 2.05) is 36.1 Å². The second kappa shape index (κ2) is 8.98. The van der Waals surface area contributed by atoms with Gasteiger partial charge < -0.3 is 10.1 Å². The molecule has 1 amide bonds. The molecule has 0 bridgehead atoms. The van der Waals surface area contributed by atoms with Crippen molar-refractivity contribution in [2.24, 2.45) is 0 Å². The van der Waals surface area contributed by atoms with E-state index >= 15 is 0 Å². The van der Waals surface area contributed by atoms with Crippen molar-refractivity contribution < 1.29 is 17.9 Å². The molecule has 1 aliphatic carbocycles. The SMILES string of the molecule is COc1ccccc1NC(=O)[C@H](C)N1CCN(S(=O)(=O)c2ccc3c(c2)CCC3)CC1. The number of para-hydroxylation sites is 2. The Morgan fingerprint density at radius 3 is 2.48 bits per heavy atom. The average Bonchev–Trinajstić information content (AvgIpc) is 3.27.